The van der Waals surface area contributed by atoms with Crippen LogP contribution in [0.5, 0.6) is 0 Å². The van der Waals surface area contributed by atoms with Crippen molar-refractivity contribution in [2.75, 3.05) is 6.54 Å². The van der Waals surface area contributed by atoms with Gasteiger partial charge in [0.15, 0.2) is 0 Å². The maximum Gasteiger partial charge on any atom is 0.0948 e. The smallest absolute Gasteiger partial charge is 0.0948 e. The summed E-state index contributed by atoms with van der Waals surface area (Å²) in [5.41, 5.74) is 7.51. The Morgan fingerprint density at radius 2 is 2.55 bits per heavy atom. The molecule has 3 nitrogen and oxygen atoms in total. The van der Waals surface area contributed by atoms with Gasteiger partial charge in [-0.25, -0.2) is 4.98 Å². The molecule has 0 aromatic carbocycles. The Balaban J connectivity index is 2.76. The van der Waals surface area contributed by atoms with Crippen LogP contribution in [0.3, 0.4) is 0 Å². The molecule has 0 spiro atoms. The van der Waals surface area contributed by atoms with Gasteiger partial charge in [0, 0.05) is 7.05 Å². The number of hydrogen-bond acceptors (Lipinski definition) is 2. The van der Waals surface area contributed by atoms with Crippen molar-refractivity contribution in [1.82, 2.24) is 9.55 Å². The van der Waals surface area contributed by atoms with Gasteiger partial charge in [0.2, 0.25) is 0 Å². The van der Waals surface area contributed by atoms with Crippen LogP contribution in [0, 0.1) is 0 Å². The number of nitrogens with zero attached hydrogens (tertiary/aromatic N) is 2. The van der Waals surface area contributed by atoms with E-state index in [9.17, 15) is 0 Å². The van der Waals surface area contributed by atoms with Gasteiger partial charge in [-0.1, -0.05) is 6.58 Å². The Bertz CT molecular complexity index is 250. The van der Waals surface area contributed by atoms with Crippen LogP contribution in [0.1, 0.15) is 12.1 Å². The predicted molar refractivity (Wildman–Crippen MR) is 45.9 cm³/mol. The summed E-state index contributed by atoms with van der Waals surface area (Å²) in [4.78, 5) is 3.99. The summed E-state index contributed by atoms with van der Waals surface area (Å²) in [6.07, 6.45) is 4.40. The molecule has 1 aromatic rings. The maximum absolute atomic E-state index is 5.40. The fourth-order valence-corrected chi connectivity index (χ4v) is 1.00. The second kappa shape index (κ2) is 3.34. The average molecular weight is 151 g/mol. The van der Waals surface area contributed by atoms with E-state index in [1.165, 1.54) is 0 Å². The molecular weight excluding hydrogens is 138 g/mol. The average Bonchev–Trinajstić information content (AvgIpc) is 2.36. The third-order valence-electron chi connectivity index (χ3n) is 1.63. The molecule has 0 atom stereocenters. The molecule has 0 fully saturated rings. The summed E-state index contributed by atoms with van der Waals surface area (Å²) in [5.74, 6) is 0. The van der Waals surface area contributed by atoms with Gasteiger partial charge in [-0.15, -0.1) is 0 Å². The molecule has 60 valence electrons. The third-order valence-corrected chi connectivity index (χ3v) is 1.63. The number of hydrogen-bond donors (Lipinski definition) is 1. The molecule has 0 unspecified atom stereocenters. The van der Waals surface area contributed by atoms with Crippen LogP contribution in [0.15, 0.2) is 19.1 Å². The zero-order chi connectivity index (χ0) is 8.27. The topological polar surface area (TPSA) is 43.8 Å². The van der Waals surface area contributed by atoms with Gasteiger partial charge in [0.1, 0.15) is 0 Å². The van der Waals surface area contributed by atoms with E-state index >= 15 is 0 Å². The molecule has 1 heterocycles. The van der Waals surface area contributed by atoms with Crippen LogP contribution in [-0.2, 0) is 7.05 Å². The monoisotopic (exact) mass is 151 g/mol. The quantitative estimate of drug-likeness (QED) is 0.693. The van der Waals surface area contributed by atoms with Crippen LogP contribution in [0.2, 0.25) is 0 Å². The van der Waals surface area contributed by atoms with Crippen molar-refractivity contribution < 1.29 is 0 Å². The van der Waals surface area contributed by atoms with Crippen molar-refractivity contribution in [2.24, 2.45) is 12.8 Å². The van der Waals surface area contributed by atoms with E-state index in [0.29, 0.717) is 6.54 Å². The summed E-state index contributed by atoms with van der Waals surface area (Å²) in [7, 11) is 1.95. The molecule has 1 aromatic heterocycles. The lowest BCUT2D eigenvalue weighted by atomic mass is 10.1. The molecule has 2 N–H and O–H groups in total. The van der Waals surface area contributed by atoms with Gasteiger partial charge >= 0.3 is 0 Å². The molecule has 0 amide bonds. The van der Waals surface area contributed by atoms with Gasteiger partial charge < -0.3 is 10.3 Å². The standard InChI is InChI=1S/C8H13N3/c1-7(3-4-9)8-5-10-6-11(8)2/h5-6H,1,3-4,9H2,2H3. The molecule has 11 heavy (non-hydrogen) atoms. The lowest BCUT2D eigenvalue weighted by Gasteiger charge is -2.03. The van der Waals surface area contributed by atoms with Crippen LogP contribution in [-0.4, -0.2) is 16.1 Å². The number of rotatable bonds is 3. The molecule has 0 aliphatic carbocycles. The van der Waals surface area contributed by atoms with Crippen molar-refractivity contribution in [3.05, 3.63) is 24.8 Å². The van der Waals surface area contributed by atoms with E-state index in [4.69, 9.17) is 5.73 Å². The van der Waals surface area contributed by atoms with Gasteiger partial charge in [0.25, 0.3) is 0 Å². The molecule has 0 aliphatic heterocycles. The van der Waals surface area contributed by atoms with Gasteiger partial charge in [0.05, 0.1) is 18.2 Å². The zero-order valence-electron chi connectivity index (χ0n) is 6.75. The first kappa shape index (κ1) is 8.01. The highest BCUT2D eigenvalue weighted by atomic mass is 15.0. The van der Waals surface area contributed by atoms with Crippen molar-refractivity contribution in [3.8, 4) is 0 Å². The van der Waals surface area contributed by atoms with Crippen molar-refractivity contribution >= 4 is 5.57 Å². The van der Waals surface area contributed by atoms with Crippen LogP contribution in [0.25, 0.3) is 5.57 Å². The second-order valence-electron chi connectivity index (χ2n) is 2.53. The Labute approximate surface area is 66.5 Å². The lowest BCUT2D eigenvalue weighted by molar-refractivity contribution is 0.884. The van der Waals surface area contributed by atoms with Gasteiger partial charge in [-0.3, -0.25) is 0 Å². The SMILES string of the molecule is C=C(CCN)c1cncn1C. The highest BCUT2D eigenvalue weighted by molar-refractivity contribution is 5.59. The molecule has 0 aliphatic rings. The first-order valence-electron chi connectivity index (χ1n) is 3.60. The molecule has 1 rings (SSSR count). The molecule has 0 bridgehead atoms. The Morgan fingerprint density at radius 3 is 3.00 bits per heavy atom. The van der Waals surface area contributed by atoms with E-state index in [-0.39, 0.29) is 0 Å². The van der Waals surface area contributed by atoms with Crippen molar-refractivity contribution in [1.29, 1.82) is 0 Å². The normalized spacial score (nSPS) is 10.0. The minimum atomic E-state index is 0.643. The van der Waals surface area contributed by atoms with Crippen LogP contribution < -0.4 is 5.73 Å². The number of imidazole rings is 1. The van der Waals surface area contributed by atoms with Gasteiger partial charge in [-0.2, -0.15) is 0 Å². The highest BCUT2D eigenvalue weighted by Gasteiger charge is 2.00. The Kier molecular flexibility index (Phi) is 2.44. The second-order valence-corrected chi connectivity index (χ2v) is 2.53. The molecule has 3 heteroatoms. The summed E-state index contributed by atoms with van der Waals surface area (Å²) in [5, 5.41) is 0. The van der Waals surface area contributed by atoms with E-state index in [2.05, 4.69) is 11.6 Å². The Hall–Kier alpha value is -1.09. The predicted octanol–water partition coefficient (Wildman–Crippen LogP) is 0.782. The first-order valence-corrected chi connectivity index (χ1v) is 3.60. The maximum atomic E-state index is 5.40. The van der Waals surface area contributed by atoms with E-state index < -0.39 is 0 Å². The van der Waals surface area contributed by atoms with Gasteiger partial charge in [-0.05, 0) is 18.5 Å². The molecule has 0 saturated heterocycles. The van der Waals surface area contributed by atoms with E-state index in [1.807, 2.05) is 11.6 Å². The highest BCUT2D eigenvalue weighted by Crippen LogP contribution is 2.12. The molecule has 0 radical (unpaired) electrons. The fourth-order valence-electron chi connectivity index (χ4n) is 1.00. The summed E-state index contributed by atoms with van der Waals surface area (Å²) in [6, 6.07) is 0. The minimum absolute atomic E-state index is 0.643. The third kappa shape index (κ3) is 1.68. The lowest BCUT2D eigenvalue weighted by Crippen LogP contribution is -2.01. The summed E-state index contributed by atoms with van der Waals surface area (Å²) < 4.78 is 1.94. The molecule has 0 saturated carbocycles. The van der Waals surface area contributed by atoms with E-state index in [0.717, 1.165) is 17.7 Å². The Morgan fingerprint density at radius 1 is 1.82 bits per heavy atom. The summed E-state index contributed by atoms with van der Waals surface area (Å²) in [6.45, 7) is 4.55. The van der Waals surface area contributed by atoms with E-state index in [1.54, 1.807) is 12.5 Å². The molecular formula is C8H13N3. The van der Waals surface area contributed by atoms with Crippen molar-refractivity contribution in [2.45, 2.75) is 6.42 Å². The first-order chi connectivity index (χ1) is 5.25. The largest absolute Gasteiger partial charge is 0.334 e. The van der Waals surface area contributed by atoms with Crippen LogP contribution in [0.4, 0.5) is 0 Å². The fraction of sp³-hybridized carbons (Fsp3) is 0.375. The minimum Gasteiger partial charge on any atom is -0.334 e. The van der Waals surface area contributed by atoms with Crippen LogP contribution >= 0.6 is 0 Å². The van der Waals surface area contributed by atoms with Crippen molar-refractivity contribution in [3.63, 3.8) is 0 Å². The number of aryl methyl sites for hydroxylation is 1. The summed E-state index contributed by atoms with van der Waals surface area (Å²) >= 11 is 0. The zero-order valence-corrected chi connectivity index (χ0v) is 6.75. The number of aromatic nitrogens is 2. The number of nitrogens with two attached hydrogens (primary N) is 1.